The summed E-state index contributed by atoms with van der Waals surface area (Å²) in [6, 6.07) is 11.3. The zero-order chi connectivity index (χ0) is 19.4. The fourth-order valence-electron chi connectivity index (χ4n) is 2.67. The molecule has 0 fully saturated rings. The monoisotopic (exact) mass is 371 g/mol. The van der Waals surface area contributed by atoms with E-state index >= 15 is 0 Å². The first-order valence-corrected chi connectivity index (χ1v) is 8.59. The van der Waals surface area contributed by atoms with Crippen molar-refractivity contribution in [3.63, 3.8) is 0 Å². The highest BCUT2D eigenvalue weighted by Gasteiger charge is 2.20. The summed E-state index contributed by atoms with van der Waals surface area (Å²) in [5, 5.41) is 3.89. The number of nitrogens with zero attached hydrogens (tertiary/aromatic N) is 3. The molecule has 27 heavy (non-hydrogen) atoms. The van der Waals surface area contributed by atoms with Crippen LogP contribution in [0.1, 0.15) is 30.1 Å². The van der Waals surface area contributed by atoms with Crippen LogP contribution in [0.15, 0.2) is 53.1 Å². The fourth-order valence-corrected chi connectivity index (χ4v) is 2.67. The summed E-state index contributed by atoms with van der Waals surface area (Å²) in [6.07, 6.45) is 0.355. The quantitative estimate of drug-likeness (QED) is 0.654. The highest BCUT2D eigenvalue weighted by molar-refractivity contribution is 5.94. The molecule has 5 nitrogen and oxygen atoms in total. The van der Waals surface area contributed by atoms with Crippen molar-refractivity contribution in [3.05, 3.63) is 71.6 Å². The average Bonchev–Trinajstić information content (AvgIpc) is 3.11. The van der Waals surface area contributed by atoms with Gasteiger partial charge in [-0.1, -0.05) is 11.2 Å². The molecule has 2 aromatic carbocycles. The van der Waals surface area contributed by atoms with Gasteiger partial charge in [-0.25, -0.2) is 8.78 Å². The molecule has 0 spiro atoms. The summed E-state index contributed by atoms with van der Waals surface area (Å²) < 4.78 is 31.6. The van der Waals surface area contributed by atoms with Crippen molar-refractivity contribution in [2.75, 3.05) is 6.54 Å². The lowest BCUT2D eigenvalue weighted by Crippen LogP contribution is -2.38. The van der Waals surface area contributed by atoms with Gasteiger partial charge in [0.15, 0.2) is 0 Å². The third kappa shape index (κ3) is 4.55. The maximum atomic E-state index is 13.4. The Bertz CT molecular complexity index is 923. The highest BCUT2D eigenvalue weighted by Crippen LogP contribution is 2.17. The van der Waals surface area contributed by atoms with Crippen molar-refractivity contribution < 1.29 is 18.1 Å². The fraction of sp³-hybridized carbons (Fsp3) is 0.250. The van der Waals surface area contributed by atoms with Crippen LogP contribution >= 0.6 is 0 Å². The third-order valence-electron chi connectivity index (χ3n) is 4.09. The van der Waals surface area contributed by atoms with Crippen molar-refractivity contribution >= 4 is 5.91 Å². The molecule has 0 saturated carbocycles. The number of halogens is 2. The van der Waals surface area contributed by atoms with Crippen LogP contribution in [-0.4, -0.2) is 33.5 Å². The SMILES string of the molecule is CC(C)N(CCc1nc(-c2ccc(F)cc2)no1)C(=O)c1cccc(F)c1. The van der Waals surface area contributed by atoms with E-state index in [4.69, 9.17) is 4.52 Å². The molecule has 0 radical (unpaired) electrons. The van der Waals surface area contributed by atoms with E-state index in [1.807, 2.05) is 13.8 Å². The minimum Gasteiger partial charge on any atom is -0.339 e. The van der Waals surface area contributed by atoms with Crippen LogP contribution in [0.25, 0.3) is 11.4 Å². The number of rotatable bonds is 6. The van der Waals surface area contributed by atoms with E-state index in [-0.39, 0.29) is 17.8 Å². The zero-order valence-electron chi connectivity index (χ0n) is 15.0. The molecule has 0 aliphatic carbocycles. The lowest BCUT2D eigenvalue weighted by atomic mass is 10.1. The van der Waals surface area contributed by atoms with Gasteiger partial charge in [-0.15, -0.1) is 0 Å². The number of carbonyl (C=O) groups is 1. The Kier molecular flexibility index (Phi) is 5.59. The Morgan fingerprint density at radius 2 is 1.85 bits per heavy atom. The Labute approximate surface area is 155 Å². The van der Waals surface area contributed by atoms with Crippen LogP contribution in [0.3, 0.4) is 0 Å². The number of amides is 1. The second kappa shape index (κ2) is 8.07. The van der Waals surface area contributed by atoms with Gasteiger partial charge in [0.1, 0.15) is 11.6 Å². The topological polar surface area (TPSA) is 59.2 Å². The van der Waals surface area contributed by atoms with Crippen molar-refractivity contribution in [2.45, 2.75) is 26.3 Å². The number of carbonyl (C=O) groups excluding carboxylic acids is 1. The molecule has 0 saturated heterocycles. The van der Waals surface area contributed by atoms with E-state index in [1.165, 1.54) is 30.3 Å². The molecule has 3 rings (SSSR count). The molecule has 0 atom stereocenters. The van der Waals surface area contributed by atoms with E-state index in [9.17, 15) is 13.6 Å². The molecular weight excluding hydrogens is 352 g/mol. The van der Waals surface area contributed by atoms with Crippen molar-refractivity contribution in [1.82, 2.24) is 15.0 Å². The average molecular weight is 371 g/mol. The second-order valence-corrected chi connectivity index (χ2v) is 6.37. The normalized spacial score (nSPS) is 11.0. The summed E-state index contributed by atoms with van der Waals surface area (Å²) in [5.74, 6) is -0.330. The standard InChI is InChI=1S/C20H19F2N3O2/c1-13(2)25(20(26)15-4-3-5-17(22)12-15)11-10-18-23-19(24-27-18)14-6-8-16(21)9-7-14/h3-9,12-13H,10-11H2,1-2H3. The Hall–Kier alpha value is -3.09. The zero-order valence-corrected chi connectivity index (χ0v) is 15.0. The van der Waals surface area contributed by atoms with Crippen molar-refractivity contribution in [3.8, 4) is 11.4 Å². The minimum atomic E-state index is -0.453. The molecule has 140 valence electrons. The minimum absolute atomic E-state index is 0.0831. The predicted molar refractivity (Wildman–Crippen MR) is 96.0 cm³/mol. The Balaban J connectivity index is 1.70. The first-order valence-electron chi connectivity index (χ1n) is 8.59. The van der Waals surface area contributed by atoms with Gasteiger partial charge in [0, 0.05) is 30.1 Å². The number of hydrogen-bond donors (Lipinski definition) is 0. The molecule has 0 N–H and O–H groups in total. The third-order valence-corrected chi connectivity index (χ3v) is 4.09. The van der Waals surface area contributed by atoms with E-state index < -0.39 is 5.82 Å². The van der Waals surface area contributed by atoms with Crippen molar-refractivity contribution in [1.29, 1.82) is 0 Å². The Morgan fingerprint density at radius 3 is 2.52 bits per heavy atom. The summed E-state index contributed by atoms with van der Waals surface area (Å²) in [7, 11) is 0. The molecule has 1 aromatic heterocycles. The summed E-state index contributed by atoms with van der Waals surface area (Å²) in [4.78, 5) is 18.6. The second-order valence-electron chi connectivity index (χ2n) is 6.37. The molecule has 7 heteroatoms. The number of hydrogen-bond acceptors (Lipinski definition) is 4. The number of aromatic nitrogens is 2. The van der Waals surface area contributed by atoms with Gasteiger partial charge in [0.2, 0.25) is 11.7 Å². The van der Waals surface area contributed by atoms with Gasteiger partial charge in [0.05, 0.1) is 0 Å². The van der Waals surface area contributed by atoms with Crippen LogP contribution in [0, 0.1) is 11.6 Å². The molecule has 0 aliphatic heterocycles. The lowest BCUT2D eigenvalue weighted by Gasteiger charge is -2.26. The van der Waals surface area contributed by atoms with Crippen LogP contribution in [0.4, 0.5) is 8.78 Å². The molecule has 3 aromatic rings. The van der Waals surface area contributed by atoms with Gasteiger partial charge in [-0.2, -0.15) is 4.98 Å². The molecule has 0 aliphatic rings. The van der Waals surface area contributed by atoms with Crippen LogP contribution in [0.5, 0.6) is 0 Å². The van der Waals surface area contributed by atoms with Gasteiger partial charge < -0.3 is 9.42 Å². The maximum Gasteiger partial charge on any atom is 0.254 e. The first-order chi connectivity index (χ1) is 12.9. The molecule has 0 bridgehead atoms. The maximum absolute atomic E-state index is 13.4. The van der Waals surface area contributed by atoms with E-state index in [0.29, 0.717) is 35.8 Å². The summed E-state index contributed by atoms with van der Waals surface area (Å²) in [6.45, 7) is 4.11. The van der Waals surface area contributed by atoms with Gasteiger partial charge in [-0.05, 0) is 56.3 Å². The summed E-state index contributed by atoms with van der Waals surface area (Å²) in [5.41, 5.74) is 0.934. The predicted octanol–water partition coefficient (Wildman–Crippen LogP) is 4.11. The molecule has 0 unspecified atom stereocenters. The first kappa shape index (κ1) is 18.7. The molecule has 1 amide bonds. The number of benzene rings is 2. The van der Waals surface area contributed by atoms with Gasteiger partial charge in [0.25, 0.3) is 5.91 Å². The van der Waals surface area contributed by atoms with E-state index in [2.05, 4.69) is 10.1 Å². The molecular formula is C20H19F2N3O2. The largest absolute Gasteiger partial charge is 0.339 e. The summed E-state index contributed by atoms with van der Waals surface area (Å²) >= 11 is 0. The van der Waals surface area contributed by atoms with Crippen LogP contribution in [0.2, 0.25) is 0 Å². The highest BCUT2D eigenvalue weighted by atomic mass is 19.1. The van der Waals surface area contributed by atoms with Crippen molar-refractivity contribution in [2.24, 2.45) is 0 Å². The smallest absolute Gasteiger partial charge is 0.254 e. The van der Waals surface area contributed by atoms with Gasteiger partial charge >= 0.3 is 0 Å². The molecule has 1 heterocycles. The van der Waals surface area contributed by atoms with Gasteiger partial charge in [-0.3, -0.25) is 4.79 Å². The van der Waals surface area contributed by atoms with Crippen LogP contribution < -0.4 is 0 Å². The van der Waals surface area contributed by atoms with E-state index in [0.717, 1.165) is 0 Å². The Morgan fingerprint density at radius 1 is 1.11 bits per heavy atom. The van der Waals surface area contributed by atoms with E-state index in [1.54, 1.807) is 23.1 Å². The lowest BCUT2D eigenvalue weighted by molar-refractivity contribution is 0.0703. The van der Waals surface area contributed by atoms with Crippen LogP contribution in [-0.2, 0) is 6.42 Å².